The van der Waals surface area contributed by atoms with Gasteiger partial charge in [-0.25, -0.2) is 4.68 Å². The van der Waals surface area contributed by atoms with Crippen LogP contribution in [0.1, 0.15) is 31.5 Å². The molecular weight excluding hydrogens is 354 g/mol. The van der Waals surface area contributed by atoms with Crippen molar-refractivity contribution in [2.75, 3.05) is 0 Å². The van der Waals surface area contributed by atoms with Crippen LogP contribution >= 0.6 is 0 Å². The summed E-state index contributed by atoms with van der Waals surface area (Å²) in [5.74, 6) is 0. The second-order valence-electron chi connectivity index (χ2n) is 8.67. The first-order valence-corrected chi connectivity index (χ1v) is 10.3. The highest BCUT2D eigenvalue weighted by molar-refractivity contribution is 5.69. The lowest BCUT2D eigenvalue weighted by Gasteiger charge is -2.30. The highest BCUT2D eigenvalue weighted by atomic mass is 15.3. The summed E-state index contributed by atoms with van der Waals surface area (Å²) in [7, 11) is 0. The lowest BCUT2D eigenvalue weighted by Crippen LogP contribution is -2.23. The average Bonchev–Trinajstić information content (AvgIpc) is 3.20. The van der Waals surface area contributed by atoms with Gasteiger partial charge in [0, 0.05) is 11.3 Å². The van der Waals surface area contributed by atoms with Crippen LogP contribution in [0.3, 0.4) is 0 Å². The predicted octanol–water partition coefficient (Wildman–Crippen LogP) is 6.12. The Hall–Kier alpha value is -3.20. The predicted molar refractivity (Wildman–Crippen MR) is 118 cm³/mol. The van der Waals surface area contributed by atoms with Crippen LogP contribution in [0.25, 0.3) is 28.3 Å². The quantitative estimate of drug-likeness (QED) is 0.429. The van der Waals surface area contributed by atoms with Gasteiger partial charge >= 0.3 is 0 Å². The van der Waals surface area contributed by atoms with Crippen molar-refractivity contribution in [1.82, 2.24) is 14.8 Å². The molecule has 1 aliphatic rings. The van der Waals surface area contributed by atoms with Crippen molar-refractivity contribution >= 4 is 0 Å². The molecule has 0 saturated heterocycles. The fourth-order valence-corrected chi connectivity index (χ4v) is 4.19. The molecule has 144 valence electrons. The van der Waals surface area contributed by atoms with Crippen molar-refractivity contribution < 1.29 is 0 Å². The Balaban J connectivity index is 1.64. The fourth-order valence-electron chi connectivity index (χ4n) is 4.19. The van der Waals surface area contributed by atoms with Gasteiger partial charge in [-0.1, -0.05) is 68.4 Å². The lowest BCUT2D eigenvalue weighted by molar-refractivity contribution is 0.312. The van der Waals surface area contributed by atoms with Crippen LogP contribution < -0.4 is 0 Å². The monoisotopic (exact) mass is 379 g/mol. The first kappa shape index (κ1) is 17.9. The van der Waals surface area contributed by atoms with Crippen molar-refractivity contribution in [3.05, 3.63) is 90.1 Å². The number of pyridine rings is 1. The van der Waals surface area contributed by atoms with E-state index in [0.717, 1.165) is 41.2 Å². The maximum absolute atomic E-state index is 5.08. The van der Waals surface area contributed by atoms with Gasteiger partial charge in [0.25, 0.3) is 0 Å². The number of hydrogen-bond acceptors (Lipinski definition) is 2. The Morgan fingerprint density at radius 3 is 2.31 bits per heavy atom. The molecule has 0 atom stereocenters. The third-order valence-electron chi connectivity index (χ3n) is 5.82. The summed E-state index contributed by atoms with van der Waals surface area (Å²) < 4.78 is 2.02. The number of benzene rings is 2. The van der Waals surface area contributed by atoms with Gasteiger partial charge in [-0.3, -0.25) is 4.98 Å². The molecule has 3 heteroatoms. The first-order chi connectivity index (χ1) is 14.1. The molecule has 0 amide bonds. The molecule has 4 aromatic rings. The van der Waals surface area contributed by atoms with Crippen molar-refractivity contribution in [3.63, 3.8) is 0 Å². The molecule has 2 aromatic carbocycles. The SMILES string of the molecule is CC1(C)CCc2nc(-c3cc(-c4ccccc4)nn3-c3ccccc3)ccc2C1. The van der Waals surface area contributed by atoms with Crippen LogP contribution in [-0.4, -0.2) is 14.8 Å². The Morgan fingerprint density at radius 2 is 1.55 bits per heavy atom. The zero-order chi connectivity index (χ0) is 19.8. The van der Waals surface area contributed by atoms with Crippen molar-refractivity contribution in [2.45, 2.75) is 33.1 Å². The maximum Gasteiger partial charge on any atom is 0.0934 e. The summed E-state index contributed by atoms with van der Waals surface area (Å²) in [6.45, 7) is 4.70. The van der Waals surface area contributed by atoms with Gasteiger partial charge in [0.1, 0.15) is 0 Å². The highest BCUT2D eigenvalue weighted by Gasteiger charge is 2.26. The highest BCUT2D eigenvalue weighted by Crippen LogP contribution is 2.35. The van der Waals surface area contributed by atoms with E-state index in [9.17, 15) is 0 Å². The Bertz CT molecular complexity index is 1140. The normalized spacial score (nSPS) is 15.1. The van der Waals surface area contributed by atoms with Gasteiger partial charge in [0.05, 0.1) is 22.8 Å². The topological polar surface area (TPSA) is 30.7 Å². The largest absolute Gasteiger partial charge is 0.251 e. The molecule has 0 unspecified atom stereocenters. The molecule has 0 saturated carbocycles. The number of aromatic nitrogens is 3. The smallest absolute Gasteiger partial charge is 0.0934 e. The van der Waals surface area contributed by atoms with Gasteiger partial charge in [0.15, 0.2) is 0 Å². The molecule has 29 heavy (non-hydrogen) atoms. The average molecular weight is 380 g/mol. The zero-order valence-electron chi connectivity index (χ0n) is 17.0. The van der Waals surface area contributed by atoms with Gasteiger partial charge in [-0.05, 0) is 54.5 Å². The summed E-state index contributed by atoms with van der Waals surface area (Å²) in [4.78, 5) is 5.08. The molecule has 0 N–H and O–H groups in total. The fraction of sp³-hybridized carbons (Fsp3) is 0.231. The third-order valence-corrected chi connectivity index (χ3v) is 5.82. The van der Waals surface area contributed by atoms with E-state index in [0.29, 0.717) is 5.41 Å². The molecule has 2 heterocycles. The van der Waals surface area contributed by atoms with E-state index in [4.69, 9.17) is 10.1 Å². The van der Waals surface area contributed by atoms with Gasteiger partial charge in [-0.2, -0.15) is 5.10 Å². The summed E-state index contributed by atoms with van der Waals surface area (Å²) in [5, 5.41) is 4.94. The van der Waals surface area contributed by atoms with E-state index in [-0.39, 0.29) is 0 Å². The number of hydrogen-bond donors (Lipinski definition) is 0. The molecule has 0 radical (unpaired) electrons. The standard InChI is InChI=1S/C26H25N3/c1-26(2)16-15-22-20(18-26)13-14-23(27-22)25-17-24(19-9-5-3-6-10-19)28-29(25)21-11-7-4-8-12-21/h3-14,17H,15-16,18H2,1-2H3. The first-order valence-electron chi connectivity index (χ1n) is 10.3. The van der Waals surface area contributed by atoms with Crippen molar-refractivity contribution in [1.29, 1.82) is 0 Å². The van der Waals surface area contributed by atoms with Crippen LogP contribution in [0.4, 0.5) is 0 Å². The number of aryl methyl sites for hydroxylation is 1. The van der Waals surface area contributed by atoms with Crippen LogP contribution in [0.2, 0.25) is 0 Å². The van der Waals surface area contributed by atoms with E-state index >= 15 is 0 Å². The summed E-state index contributed by atoms with van der Waals surface area (Å²) in [6.07, 6.45) is 3.33. The molecule has 0 aliphatic heterocycles. The summed E-state index contributed by atoms with van der Waals surface area (Å²) in [5.41, 5.74) is 8.13. The Morgan fingerprint density at radius 1 is 0.828 bits per heavy atom. The minimum Gasteiger partial charge on any atom is -0.251 e. The van der Waals surface area contributed by atoms with Crippen molar-refractivity contribution in [3.8, 4) is 28.3 Å². The molecule has 0 bridgehead atoms. The van der Waals surface area contributed by atoms with E-state index < -0.39 is 0 Å². The maximum atomic E-state index is 5.08. The van der Waals surface area contributed by atoms with E-state index in [1.165, 1.54) is 17.7 Å². The molecule has 1 aliphatic carbocycles. The third kappa shape index (κ3) is 3.49. The van der Waals surface area contributed by atoms with Gasteiger partial charge in [-0.15, -0.1) is 0 Å². The number of fused-ring (bicyclic) bond motifs is 1. The Labute approximate surface area is 172 Å². The molecule has 0 spiro atoms. The van der Waals surface area contributed by atoms with E-state index in [1.54, 1.807) is 0 Å². The summed E-state index contributed by atoms with van der Waals surface area (Å²) in [6, 6.07) is 27.2. The Kier molecular flexibility index (Phi) is 4.31. The summed E-state index contributed by atoms with van der Waals surface area (Å²) >= 11 is 0. The van der Waals surface area contributed by atoms with Crippen LogP contribution in [0, 0.1) is 5.41 Å². The zero-order valence-corrected chi connectivity index (χ0v) is 17.0. The minimum atomic E-state index is 0.364. The minimum absolute atomic E-state index is 0.364. The van der Waals surface area contributed by atoms with Crippen LogP contribution in [-0.2, 0) is 12.8 Å². The second-order valence-corrected chi connectivity index (χ2v) is 8.67. The molecule has 2 aromatic heterocycles. The van der Waals surface area contributed by atoms with Crippen LogP contribution in [0.15, 0.2) is 78.9 Å². The van der Waals surface area contributed by atoms with E-state index in [2.05, 4.69) is 68.4 Å². The lowest BCUT2D eigenvalue weighted by atomic mass is 9.76. The van der Waals surface area contributed by atoms with Gasteiger partial charge in [0.2, 0.25) is 0 Å². The second kappa shape index (κ2) is 7.00. The molecule has 5 rings (SSSR count). The number of nitrogens with zero attached hydrogens (tertiary/aromatic N) is 3. The van der Waals surface area contributed by atoms with Gasteiger partial charge < -0.3 is 0 Å². The number of rotatable bonds is 3. The molecule has 3 nitrogen and oxygen atoms in total. The van der Waals surface area contributed by atoms with Crippen LogP contribution in [0.5, 0.6) is 0 Å². The molecule has 0 fully saturated rings. The van der Waals surface area contributed by atoms with E-state index in [1.807, 2.05) is 28.9 Å². The number of para-hydroxylation sites is 1. The van der Waals surface area contributed by atoms with Crippen molar-refractivity contribution in [2.24, 2.45) is 5.41 Å². The molecular formula is C26H25N3.